The number of rotatable bonds is 7. The summed E-state index contributed by atoms with van der Waals surface area (Å²) in [5, 5.41) is 38.8. The zero-order valence-corrected chi connectivity index (χ0v) is 8.00. The van der Waals surface area contributed by atoms with Gasteiger partial charge < -0.3 is 30.5 Å². The summed E-state index contributed by atoms with van der Waals surface area (Å²) in [5.74, 6) is 0. The number of aliphatic hydroxyl groups is 4. The molecule has 0 aromatic carbocycles. The quantitative estimate of drug-likeness (QED) is 0.289. The van der Waals surface area contributed by atoms with Gasteiger partial charge in [0, 0.05) is 0 Å². The van der Waals surface area contributed by atoms with Gasteiger partial charge in [0.05, 0.1) is 12.6 Å². The van der Waals surface area contributed by atoms with E-state index in [4.69, 9.17) is 10.2 Å². The number of aldehydes is 1. The third-order valence-corrected chi connectivity index (χ3v) is 1.89. The van der Waals surface area contributed by atoms with E-state index in [-0.39, 0.29) is 0 Å². The Labute approximate surface area is 82.2 Å². The standard InChI is InChI=1S/C8H17NO5/c1-2-9-5(3-10)7(13)8(14)6(12)4-11/h3,5-9,11-14H,2,4H2,1H3/t5-,6+,7-,8+/m0/s1. The van der Waals surface area contributed by atoms with Crippen LogP contribution < -0.4 is 5.32 Å². The molecular weight excluding hydrogens is 190 g/mol. The highest BCUT2D eigenvalue weighted by molar-refractivity contribution is 5.58. The molecule has 0 aliphatic heterocycles. The summed E-state index contributed by atoms with van der Waals surface area (Å²) >= 11 is 0. The van der Waals surface area contributed by atoms with Crippen LogP contribution >= 0.6 is 0 Å². The van der Waals surface area contributed by atoms with Gasteiger partial charge in [0.25, 0.3) is 0 Å². The molecule has 0 amide bonds. The Morgan fingerprint density at radius 3 is 2.21 bits per heavy atom. The largest absolute Gasteiger partial charge is 0.394 e. The van der Waals surface area contributed by atoms with Gasteiger partial charge in [-0.05, 0) is 6.54 Å². The van der Waals surface area contributed by atoms with Crippen molar-refractivity contribution in [3.8, 4) is 0 Å². The summed E-state index contributed by atoms with van der Waals surface area (Å²) in [7, 11) is 0. The smallest absolute Gasteiger partial charge is 0.139 e. The molecule has 0 bridgehead atoms. The van der Waals surface area contributed by atoms with Crippen LogP contribution in [0.15, 0.2) is 0 Å². The van der Waals surface area contributed by atoms with E-state index < -0.39 is 31.0 Å². The predicted octanol–water partition coefficient (Wildman–Crippen LogP) is -2.76. The van der Waals surface area contributed by atoms with E-state index >= 15 is 0 Å². The van der Waals surface area contributed by atoms with Gasteiger partial charge in [-0.15, -0.1) is 0 Å². The molecular formula is C8H17NO5. The number of carbonyl (C=O) groups excluding carboxylic acids is 1. The topological polar surface area (TPSA) is 110 Å². The van der Waals surface area contributed by atoms with Crippen molar-refractivity contribution in [1.29, 1.82) is 0 Å². The van der Waals surface area contributed by atoms with Gasteiger partial charge in [-0.25, -0.2) is 0 Å². The molecule has 6 heteroatoms. The van der Waals surface area contributed by atoms with Crippen molar-refractivity contribution in [2.75, 3.05) is 13.2 Å². The first-order valence-corrected chi connectivity index (χ1v) is 4.42. The van der Waals surface area contributed by atoms with Gasteiger partial charge in [0.2, 0.25) is 0 Å². The van der Waals surface area contributed by atoms with Crippen LogP contribution in [0.3, 0.4) is 0 Å². The molecule has 14 heavy (non-hydrogen) atoms. The first kappa shape index (κ1) is 13.5. The molecule has 0 saturated heterocycles. The van der Waals surface area contributed by atoms with E-state index in [0.717, 1.165) is 0 Å². The maximum absolute atomic E-state index is 10.5. The highest BCUT2D eigenvalue weighted by Gasteiger charge is 2.30. The van der Waals surface area contributed by atoms with Crippen LogP contribution in [0.4, 0.5) is 0 Å². The number of hydrogen-bond donors (Lipinski definition) is 5. The molecule has 0 heterocycles. The van der Waals surface area contributed by atoms with Crippen molar-refractivity contribution >= 4 is 6.29 Å². The van der Waals surface area contributed by atoms with Crippen LogP contribution in [-0.2, 0) is 4.79 Å². The van der Waals surface area contributed by atoms with Crippen molar-refractivity contribution in [2.45, 2.75) is 31.3 Å². The van der Waals surface area contributed by atoms with Gasteiger partial charge >= 0.3 is 0 Å². The minimum Gasteiger partial charge on any atom is -0.394 e. The fourth-order valence-electron chi connectivity index (χ4n) is 1.03. The molecule has 84 valence electrons. The Bertz CT molecular complexity index is 166. The van der Waals surface area contributed by atoms with Crippen molar-refractivity contribution in [2.24, 2.45) is 0 Å². The van der Waals surface area contributed by atoms with Gasteiger partial charge in [-0.2, -0.15) is 0 Å². The second-order valence-corrected chi connectivity index (χ2v) is 2.95. The number of hydrogen-bond acceptors (Lipinski definition) is 6. The van der Waals surface area contributed by atoms with Gasteiger partial charge in [0.1, 0.15) is 24.6 Å². The lowest BCUT2D eigenvalue weighted by atomic mass is 10.0. The van der Waals surface area contributed by atoms with Gasteiger partial charge in [-0.3, -0.25) is 0 Å². The molecule has 0 saturated carbocycles. The van der Waals surface area contributed by atoms with Crippen LogP contribution in [0, 0.1) is 0 Å². The second-order valence-electron chi connectivity index (χ2n) is 2.95. The average molecular weight is 207 g/mol. The molecule has 6 nitrogen and oxygen atoms in total. The Kier molecular flexibility index (Phi) is 6.60. The lowest BCUT2D eigenvalue weighted by Crippen LogP contribution is -2.51. The Morgan fingerprint density at radius 1 is 1.29 bits per heavy atom. The minimum absolute atomic E-state index is 0.446. The zero-order chi connectivity index (χ0) is 11.1. The molecule has 0 radical (unpaired) electrons. The third kappa shape index (κ3) is 3.69. The summed E-state index contributed by atoms with van der Waals surface area (Å²) < 4.78 is 0. The molecule has 0 unspecified atom stereocenters. The number of likely N-dealkylation sites (N-methyl/N-ethyl adjacent to an activating group) is 1. The van der Waals surface area contributed by atoms with Crippen LogP contribution in [0.25, 0.3) is 0 Å². The first-order valence-electron chi connectivity index (χ1n) is 4.42. The number of nitrogens with one attached hydrogen (secondary N) is 1. The van der Waals surface area contributed by atoms with E-state index in [9.17, 15) is 15.0 Å². The number of aliphatic hydroxyl groups excluding tert-OH is 4. The number of carbonyl (C=O) groups is 1. The zero-order valence-electron chi connectivity index (χ0n) is 8.00. The summed E-state index contributed by atoms with van der Waals surface area (Å²) in [5.41, 5.74) is 0. The van der Waals surface area contributed by atoms with E-state index in [0.29, 0.717) is 12.8 Å². The fourth-order valence-corrected chi connectivity index (χ4v) is 1.03. The normalized spacial score (nSPS) is 19.8. The predicted molar refractivity (Wildman–Crippen MR) is 48.6 cm³/mol. The van der Waals surface area contributed by atoms with E-state index in [1.165, 1.54) is 0 Å². The highest BCUT2D eigenvalue weighted by Crippen LogP contribution is 2.03. The summed E-state index contributed by atoms with van der Waals surface area (Å²) in [6.07, 6.45) is -3.99. The van der Waals surface area contributed by atoms with Crippen LogP contribution in [-0.4, -0.2) is 64.2 Å². The lowest BCUT2D eigenvalue weighted by Gasteiger charge is -2.25. The van der Waals surface area contributed by atoms with Crippen molar-refractivity contribution in [3.63, 3.8) is 0 Å². The molecule has 0 fully saturated rings. The fraction of sp³-hybridized carbons (Fsp3) is 0.875. The van der Waals surface area contributed by atoms with Crippen molar-refractivity contribution in [3.05, 3.63) is 0 Å². The molecule has 0 aromatic rings. The highest BCUT2D eigenvalue weighted by atomic mass is 16.4. The maximum Gasteiger partial charge on any atom is 0.139 e. The first-order chi connectivity index (χ1) is 6.58. The molecule has 4 atom stereocenters. The molecule has 0 aliphatic carbocycles. The second kappa shape index (κ2) is 6.86. The SMILES string of the molecule is CCN[C@@H](C=O)[C@H](O)[C@H](O)[C@H](O)CO. The summed E-state index contributed by atoms with van der Waals surface area (Å²) in [4.78, 5) is 10.5. The van der Waals surface area contributed by atoms with Gasteiger partial charge in [0.15, 0.2) is 0 Å². The molecule has 0 rings (SSSR count). The molecule has 0 aromatic heterocycles. The Hall–Kier alpha value is -0.530. The average Bonchev–Trinajstić information content (AvgIpc) is 2.22. The van der Waals surface area contributed by atoms with Gasteiger partial charge in [-0.1, -0.05) is 6.92 Å². The van der Waals surface area contributed by atoms with Crippen molar-refractivity contribution < 1.29 is 25.2 Å². The van der Waals surface area contributed by atoms with Crippen LogP contribution in [0.1, 0.15) is 6.92 Å². The van der Waals surface area contributed by atoms with Crippen molar-refractivity contribution in [1.82, 2.24) is 5.32 Å². The summed E-state index contributed by atoms with van der Waals surface area (Å²) in [6, 6.07) is -0.948. The minimum atomic E-state index is -1.55. The molecule has 0 aliphatic rings. The van der Waals surface area contributed by atoms with Crippen LogP contribution in [0.2, 0.25) is 0 Å². The Morgan fingerprint density at radius 2 is 1.86 bits per heavy atom. The van der Waals surface area contributed by atoms with E-state index in [1.807, 2.05) is 0 Å². The van der Waals surface area contributed by atoms with E-state index in [2.05, 4.69) is 5.32 Å². The van der Waals surface area contributed by atoms with Crippen LogP contribution in [0.5, 0.6) is 0 Å². The monoisotopic (exact) mass is 207 g/mol. The summed E-state index contributed by atoms with van der Waals surface area (Å²) in [6.45, 7) is 1.51. The third-order valence-electron chi connectivity index (χ3n) is 1.89. The van der Waals surface area contributed by atoms with E-state index in [1.54, 1.807) is 6.92 Å². The lowest BCUT2D eigenvalue weighted by molar-refractivity contribution is -0.120. The molecule has 5 N–H and O–H groups in total. The Balaban J connectivity index is 4.25. The maximum atomic E-state index is 10.5. The molecule has 0 spiro atoms.